The molecule has 0 aliphatic carbocycles. The molecule has 0 bridgehead atoms. The van der Waals surface area contributed by atoms with Gasteiger partial charge in [0.25, 0.3) is 5.69 Å². The summed E-state index contributed by atoms with van der Waals surface area (Å²) < 4.78 is 35.7. The predicted molar refractivity (Wildman–Crippen MR) is 158 cm³/mol. The first-order valence-corrected chi connectivity index (χ1v) is 15.3. The number of halogens is 1. The van der Waals surface area contributed by atoms with Gasteiger partial charge in [-0.2, -0.15) is 4.31 Å². The molecule has 12 heteroatoms. The van der Waals surface area contributed by atoms with E-state index in [1.807, 2.05) is 67.9 Å². The highest BCUT2D eigenvalue weighted by atomic mass is 35.5. The number of carbonyl (C=O) groups is 1. The largest absolute Gasteiger partial charge is 0.382 e. The van der Waals surface area contributed by atoms with Crippen molar-refractivity contribution in [1.82, 2.24) is 13.8 Å². The number of rotatable bonds is 16. The molecule has 0 fully saturated rings. The van der Waals surface area contributed by atoms with Gasteiger partial charge in [0.05, 0.1) is 22.9 Å². The number of aromatic nitrogens is 1. The summed E-state index contributed by atoms with van der Waals surface area (Å²) in [6.07, 6.45) is 2.31. The van der Waals surface area contributed by atoms with Crippen LogP contribution in [0.3, 0.4) is 0 Å². The highest BCUT2D eigenvalue weighted by Gasteiger charge is 2.29. The Kier molecular flexibility index (Phi) is 11.9. The summed E-state index contributed by atoms with van der Waals surface area (Å²) in [6, 6.07) is 16.1. The first kappa shape index (κ1) is 32.3. The molecule has 0 radical (unpaired) electrons. The Morgan fingerprint density at radius 2 is 1.80 bits per heavy atom. The summed E-state index contributed by atoms with van der Waals surface area (Å²) >= 11 is 6.37. The minimum absolute atomic E-state index is 0.0590. The van der Waals surface area contributed by atoms with Gasteiger partial charge in [0, 0.05) is 61.9 Å². The highest BCUT2D eigenvalue weighted by Crippen LogP contribution is 2.22. The summed E-state index contributed by atoms with van der Waals surface area (Å²) in [5.74, 6) is -0.199. The van der Waals surface area contributed by atoms with Crippen LogP contribution in [0, 0.1) is 16.0 Å². The van der Waals surface area contributed by atoms with Gasteiger partial charge in [-0.1, -0.05) is 43.6 Å². The fourth-order valence-electron chi connectivity index (χ4n) is 4.36. The highest BCUT2D eigenvalue weighted by molar-refractivity contribution is 7.89. The Hall–Kier alpha value is -3.25. The molecule has 0 unspecified atom stereocenters. The Labute approximate surface area is 246 Å². The molecule has 0 aliphatic rings. The number of sulfonamides is 1. The summed E-state index contributed by atoms with van der Waals surface area (Å²) in [6.45, 7) is 7.61. The third kappa shape index (κ3) is 9.12. The minimum Gasteiger partial charge on any atom is -0.382 e. The van der Waals surface area contributed by atoms with Crippen LogP contribution in [0.15, 0.2) is 71.8 Å². The van der Waals surface area contributed by atoms with Gasteiger partial charge in [-0.3, -0.25) is 14.9 Å². The van der Waals surface area contributed by atoms with E-state index in [4.69, 9.17) is 16.3 Å². The number of nitro groups is 1. The van der Waals surface area contributed by atoms with Crippen LogP contribution in [0.4, 0.5) is 5.69 Å². The second kappa shape index (κ2) is 15.1. The number of nitro benzene ring substituents is 1. The molecular weight excluding hydrogens is 568 g/mol. The van der Waals surface area contributed by atoms with Crippen molar-refractivity contribution in [2.24, 2.45) is 5.92 Å². The maximum absolute atomic E-state index is 13.7. The first-order chi connectivity index (χ1) is 19.5. The number of carbonyl (C=O) groups excluding carboxylic acids is 1. The van der Waals surface area contributed by atoms with Crippen molar-refractivity contribution in [3.8, 4) is 0 Å². The molecule has 0 atom stereocenters. The molecule has 0 aliphatic heterocycles. The van der Waals surface area contributed by atoms with Crippen molar-refractivity contribution in [3.05, 3.63) is 93.3 Å². The topological polar surface area (TPSA) is 115 Å². The molecule has 222 valence electrons. The van der Waals surface area contributed by atoms with Gasteiger partial charge in [0.2, 0.25) is 15.9 Å². The molecule has 0 spiro atoms. The zero-order valence-electron chi connectivity index (χ0n) is 23.6. The van der Waals surface area contributed by atoms with E-state index in [1.165, 1.54) is 12.1 Å². The second-order valence-electron chi connectivity index (χ2n) is 10.0. The number of benzene rings is 2. The molecule has 2 aromatic carbocycles. The molecule has 3 rings (SSSR count). The lowest BCUT2D eigenvalue weighted by Crippen LogP contribution is -2.44. The van der Waals surface area contributed by atoms with Crippen molar-refractivity contribution < 1.29 is 22.9 Å². The van der Waals surface area contributed by atoms with Crippen molar-refractivity contribution in [2.45, 2.75) is 45.2 Å². The summed E-state index contributed by atoms with van der Waals surface area (Å²) in [7, 11) is -4.12. The number of ether oxygens (including phenoxy) is 1. The quantitative estimate of drug-likeness (QED) is 0.126. The number of nitrogens with zero attached hydrogens (tertiary/aromatic N) is 4. The van der Waals surface area contributed by atoms with Crippen LogP contribution in [-0.2, 0) is 32.6 Å². The van der Waals surface area contributed by atoms with E-state index in [2.05, 4.69) is 0 Å². The fourth-order valence-corrected chi connectivity index (χ4v) is 5.98. The van der Waals surface area contributed by atoms with Crippen LogP contribution in [0.2, 0.25) is 5.02 Å². The van der Waals surface area contributed by atoms with Gasteiger partial charge >= 0.3 is 0 Å². The third-order valence-corrected chi connectivity index (χ3v) is 8.64. The van der Waals surface area contributed by atoms with Crippen LogP contribution in [-0.4, -0.2) is 65.9 Å². The molecule has 1 heterocycles. The summed E-state index contributed by atoms with van der Waals surface area (Å²) in [4.78, 5) is 25.7. The lowest BCUT2D eigenvalue weighted by Gasteiger charge is -2.29. The summed E-state index contributed by atoms with van der Waals surface area (Å²) in [5.41, 5.74) is 1.62. The van der Waals surface area contributed by atoms with Crippen molar-refractivity contribution in [1.29, 1.82) is 0 Å². The average molecular weight is 605 g/mol. The molecule has 3 aromatic rings. The Bertz CT molecular complexity index is 1410. The molecule has 1 amide bonds. The number of hydrogen-bond acceptors (Lipinski definition) is 6. The standard InChI is InChI=1S/C29H37ClN4O6S/c1-4-40-18-8-17-33(41(38,39)27-14-12-25(13-15-27)34(36)37)22-29(35)32(19-23(2)3)21-26-10-7-16-31(26)20-24-9-5-6-11-28(24)30/h5-7,9-16,23H,4,8,17-22H2,1-3H3. The van der Waals surface area contributed by atoms with Crippen LogP contribution < -0.4 is 0 Å². The predicted octanol–water partition coefficient (Wildman–Crippen LogP) is 5.20. The molecule has 0 saturated carbocycles. The lowest BCUT2D eigenvalue weighted by molar-refractivity contribution is -0.384. The molecule has 0 saturated heterocycles. The first-order valence-electron chi connectivity index (χ1n) is 13.5. The fraction of sp³-hybridized carbons (Fsp3) is 0.414. The Morgan fingerprint density at radius 1 is 1.10 bits per heavy atom. The molecule has 1 aromatic heterocycles. The average Bonchev–Trinajstić information content (AvgIpc) is 3.37. The van der Waals surface area contributed by atoms with E-state index in [9.17, 15) is 23.3 Å². The zero-order chi connectivity index (χ0) is 30.0. The zero-order valence-corrected chi connectivity index (χ0v) is 25.2. The van der Waals surface area contributed by atoms with Gasteiger partial charge in [-0.05, 0) is 55.2 Å². The number of non-ortho nitro benzene ring substituents is 1. The number of amides is 1. The van der Waals surface area contributed by atoms with Crippen molar-refractivity contribution in [3.63, 3.8) is 0 Å². The monoisotopic (exact) mass is 604 g/mol. The SMILES string of the molecule is CCOCCCN(CC(=O)N(Cc1cccn1Cc1ccccc1Cl)CC(C)C)S(=O)(=O)c1ccc([N+](=O)[O-])cc1. The van der Waals surface area contributed by atoms with Gasteiger partial charge in [0.1, 0.15) is 0 Å². The Morgan fingerprint density at radius 3 is 2.44 bits per heavy atom. The van der Waals surface area contributed by atoms with E-state index in [1.54, 1.807) is 4.90 Å². The maximum atomic E-state index is 13.7. The lowest BCUT2D eigenvalue weighted by atomic mass is 10.2. The third-order valence-electron chi connectivity index (χ3n) is 6.41. The molecule has 0 N–H and O–H groups in total. The second-order valence-corrected chi connectivity index (χ2v) is 12.4. The van der Waals surface area contributed by atoms with Gasteiger partial charge in [-0.25, -0.2) is 8.42 Å². The van der Waals surface area contributed by atoms with Crippen molar-refractivity contribution >= 4 is 33.2 Å². The smallest absolute Gasteiger partial charge is 0.269 e. The van der Waals surface area contributed by atoms with Crippen LogP contribution in [0.1, 0.15) is 38.4 Å². The van der Waals surface area contributed by atoms with E-state index in [0.29, 0.717) is 44.3 Å². The Balaban J connectivity index is 1.84. The van der Waals surface area contributed by atoms with Gasteiger partial charge < -0.3 is 14.2 Å². The summed E-state index contributed by atoms with van der Waals surface area (Å²) in [5, 5.41) is 11.7. The van der Waals surface area contributed by atoms with Crippen molar-refractivity contribution in [2.75, 3.05) is 32.8 Å². The normalized spacial score (nSPS) is 11.8. The van der Waals surface area contributed by atoms with E-state index >= 15 is 0 Å². The molecule has 41 heavy (non-hydrogen) atoms. The van der Waals surface area contributed by atoms with Gasteiger partial charge in [0.15, 0.2) is 0 Å². The van der Waals surface area contributed by atoms with Crippen LogP contribution in [0.5, 0.6) is 0 Å². The minimum atomic E-state index is -4.12. The maximum Gasteiger partial charge on any atom is 0.269 e. The number of hydrogen-bond donors (Lipinski definition) is 0. The van der Waals surface area contributed by atoms with E-state index in [0.717, 1.165) is 27.7 Å². The molecular formula is C29H37ClN4O6S. The van der Waals surface area contributed by atoms with Crippen LogP contribution in [0.25, 0.3) is 0 Å². The molecule has 10 nitrogen and oxygen atoms in total. The van der Waals surface area contributed by atoms with E-state index < -0.39 is 14.9 Å². The van der Waals surface area contributed by atoms with Crippen LogP contribution >= 0.6 is 11.6 Å². The van der Waals surface area contributed by atoms with E-state index in [-0.39, 0.29) is 35.5 Å². The van der Waals surface area contributed by atoms with Gasteiger partial charge in [-0.15, -0.1) is 0 Å².